The number of aromatic nitrogens is 4. The zero-order valence-corrected chi connectivity index (χ0v) is 14.4. The maximum atomic E-state index is 4.45. The zero-order valence-electron chi connectivity index (χ0n) is 14.4. The predicted molar refractivity (Wildman–Crippen MR) is 97.8 cm³/mol. The van der Waals surface area contributed by atoms with E-state index in [0.717, 1.165) is 44.4 Å². The first-order chi connectivity index (χ1) is 12.3. The summed E-state index contributed by atoms with van der Waals surface area (Å²) in [6.45, 7) is 7.16. The highest BCUT2D eigenvalue weighted by Crippen LogP contribution is 2.17. The van der Waals surface area contributed by atoms with E-state index in [1.807, 2.05) is 18.3 Å². The molecule has 0 atom stereocenters. The van der Waals surface area contributed by atoms with Gasteiger partial charge in [0, 0.05) is 51.2 Å². The van der Waals surface area contributed by atoms with Crippen molar-refractivity contribution >= 4 is 5.82 Å². The van der Waals surface area contributed by atoms with Crippen LogP contribution in [0, 0.1) is 6.92 Å². The van der Waals surface area contributed by atoms with E-state index in [1.165, 1.54) is 11.1 Å². The third-order valence-electron chi connectivity index (χ3n) is 4.60. The van der Waals surface area contributed by atoms with Gasteiger partial charge in [-0.1, -0.05) is 29.8 Å². The van der Waals surface area contributed by atoms with Crippen molar-refractivity contribution in [3.8, 4) is 5.82 Å². The monoisotopic (exact) mass is 334 g/mol. The molecule has 6 nitrogen and oxygen atoms in total. The molecule has 6 heteroatoms. The molecule has 0 spiro atoms. The highest BCUT2D eigenvalue weighted by atomic mass is 15.3. The van der Waals surface area contributed by atoms with Crippen LogP contribution in [-0.2, 0) is 6.54 Å². The van der Waals surface area contributed by atoms with Gasteiger partial charge in [0.2, 0.25) is 0 Å². The maximum absolute atomic E-state index is 4.45. The Morgan fingerprint density at radius 1 is 0.960 bits per heavy atom. The minimum Gasteiger partial charge on any atom is -0.354 e. The van der Waals surface area contributed by atoms with Crippen LogP contribution in [0.4, 0.5) is 5.82 Å². The Bertz CT molecular complexity index is 804. The Labute approximate surface area is 147 Å². The molecule has 1 aliphatic heterocycles. The van der Waals surface area contributed by atoms with Gasteiger partial charge in [0.15, 0.2) is 5.82 Å². The van der Waals surface area contributed by atoms with E-state index in [0.29, 0.717) is 0 Å². The normalized spacial score (nSPS) is 15.5. The van der Waals surface area contributed by atoms with Gasteiger partial charge in [0.1, 0.15) is 12.1 Å². The lowest BCUT2D eigenvalue weighted by atomic mass is 10.1. The molecule has 0 radical (unpaired) electrons. The predicted octanol–water partition coefficient (Wildman–Crippen LogP) is 2.29. The van der Waals surface area contributed by atoms with Gasteiger partial charge in [-0.05, 0) is 18.6 Å². The summed E-state index contributed by atoms with van der Waals surface area (Å²) in [5.74, 6) is 1.77. The third-order valence-corrected chi connectivity index (χ3v) is 4.60. The van der Waals surface area contributed by atoms with E-state index >= 15 is 0 Å². The Balaban J connectivity index is 1.38. The number of hydrogen-bond donors (Lipinski definition) is 0. The second kappa shape index (κ2) is 7.03. The number of rotatable bonds is 4. The average Bonchev–Trinajstić information content (AvgIpc) is 3.19. The third kappa shape index (κ3) is 3.69. The molecular weight excluding hydrogens is 312 g/mol. The lowest BCUT2D eigenvalue weighted by Gasteiger charge is -2.35. The van der Waals surface area contributed by atoms with Crippen molar-refractivity contribution in [2.75, 3.05) is 31.1 Å². The molecule has 0 unspecified atom stereocenters. The lowest BCUT2D eigenvalue weighted by Crippen LogP contribution is -2.46. The summed E-state index contributed by atoms with van der Waals surface area (Å²) in [7, 11) is 0. The van der Waals surface area contributed by atoms with E-state index in [9.17, 15) is 0 Å². The van der Waals surface area contributed by atoms with Crippen molar-refractivity contribution in [3.63, 3.8) is 0 Å². The number of anilines is 1. The zero-order chi connectivity index (χ0) is 17.1. The van der Waals surface area contributed by atoms with Gasteiger partial charge in [-0.2, -0.15) is 5.10 Å². The fraction of sp³-hybridized carbons (Fsp3) is 0.316. The van der Waals surface area contributed by atoms with Crippen molar-refractivity contribution in [2.24, 2.45) is 0 Å². The summed E-state index contributed by atoms with van der Waals surface area (Å²) < 4.78 is 1.76. The lowest BCUT2D eigenvalue weighted by molar-refractivity contribution is 0.249. The highest BCUT2D eigenvalue weighted by Gasteiger charge is 2.18. The fourth-order valence-electron chi connectivity index (χ4n) is 3.13. The average molecular weight is 334 g/mol. The van der Waals surface area contributed by atoms with Gasteiger partial charge in [0.25, 0.3) is 0 Å². The molecule has 25 heavy (non-hydrogen) atoms. The standard InChI is InChI=1S/C19H22N6/c1-16-3-5-17(6-4-16)14-23-9-11-24(12-10-23)18-13-19(21-15-20-18)25-8-2-7-22-25/h2-8,13,15H,9-12,14H2,1H3. The van der Waals surface area contributed by atoms with Crippen molar-refractivity contribution in [1.82, 2.24) is 24.6 Å². The van der Waals surface area contributed by atoms with Crippen molar-refractivity contribution < 1.29 is 0 Å². The molecule has 3 heterocycles. The first-order valence-electron chi connectivity index (χ1n) is 8.63. The molecule has 0 aliphatic carbocycles. The molecule has 1 aromatic carbocycles. The molecule has 2 aromatic heterocycles. The topological polar surface area (TPSA) is 50.1 Å². The second-order valence-corrected chi connectivity index (χ2v) is 6.43. The largest absolute Gasteiger partial charge is 0.354 e. The van der Waals surface area contributed by atoms with Crippen molar-refractivity contribution in [3.05, 3.63) is 66.2 Å². The van der Waals surface area contributed by atoms with Gasteiger partial charge < -0.3 is 4.90 Å². The van der Waals surface area contributed by atoms with Crippen LogP contribution in [0.1, 0.15) is 11.1 Å². The number of aryl methyl sites for hydroxylation is 1. The minimum absolute atomic E-state index is 0.803. The Kier molecular flexibility index (Phi) is 4.43. The maximum Gasteiger partial charge on any atom is 0.158 e. The summed E-state index contributed by atoms with van der Waals surface area (Å²) >= 11 is 0. The highest BCUT2D eigenvalue weighted by molar-refractivity contribution is 5.43. The second-order valence-electron chi connectivity index (χ2n) is 6.43. The van der Waals surface area contributed by atoms with Crippen LogP contribution in [0.15, 0.2) is 55.1 Å². The molecule has 1 aliphatic rings. The van der Waals surface area contributed by atoms with Crippen LogP contribution in [0.5, 0.6) is 0 Å². The number of benzene rings is 1. The smallest absolute Gasteiger partial charge is 0.158 e. The molecule has 0 amide bonds. The van der Waals surface area contributed by atoms with Crippen LogP contribution >= 0.6 is 0 Å². The van der Waals surface area contributed by atoms with E-state index in [-0.39, 0.29) is 0 Å². The van der Waals surface area contributed by atoms with E-state index in [4.69, 9.17) is 0 Å². The van der Waals surface area contributed by atoms with Crippen LogP contribution in [0.25, 0.3) is 5.82 Å². The first kappa shape index (κ1) is 15.8. The van der Waals surface area contributed by atoms with E-state index < -0.39 is 0 Å². The summed E-state index contributed by atoms with van der Waals surface area (Å²) in [5.41, 5.74) is 2.69. The van der Waals surface area contributed by atoms with Crippen LogP contribution in [0.2, 0.25) is 0 Å². The van der Waals surface area contributed by atoms with Crippen molar-refractivity contribution in [2.45, 2.75) is 13.5 Å². The van der Waals surface area contributed by atoms with Crippen LogP contribution < -0.4 is 4.90 Å². The summed E-state index contributed by atoms with van der Waals surface area (Å²) in [6.07, 6.45) is 5.27. The van der Waals surface area contributed by atoms with Gasteiger partial charge in [-0.15, -0.1) is 0 Å². The van der Waals surface area contributed by atoms with Gasteiger partial charge in [0.05, 0.1) is 0 Å². The molecular formula is C19H22N6. The first-order valence-corrected chi connectivity index (χ1v) is 8.63. The molecule has 4 rings (SSSR count). The van der Waals surface area contributed by atoms with E-state index in [2.05, 4.69) is 56.1 Å². The summed E-state index contributed by atoms with van der Waals surface area (Å²) in [5, 5.41) is 4.24. The summed E-state index contributed by atoms with van der Waals surface area (Å²) in [4.78, 5) is 13.6. The number of hydrogen-bond acceptors (Lipinski definition) is 5. The number of piperazine rings is 1. The van der Waals surface area contributed by atoms with Crippen LogP contribution in [-0.4, -0.2) is 50.8 Å². The molecule has 1 fully saturated rings. The van der Waals surface area contributed by atoms with Gasteiger partial charge in [-0.25, -0.2) is 14.6 Å². The minimum atomic E-state index is 0.803. The van der Waals surface area contributed by atoms with Crippen LogP contribution in [0.3, 0.4) is 0 Å². The SMILES string of the molecule is Cc1ccc(CN2CCN(c3cc(-n4cccn4)ncn3)CC2)cc1. The molecule has 0 bridgehead atoms. The Hall–Kier alpha value is -2.73. The molecule has 0 N–H and O–H groups in total. The molecule has 3 aromatic rings. The Morgan fingerprint density at radius 3 is 2.44 bits per heavy atom. The fourth-order valence-corrected chi connectivity index (χ4v) is 3.13. The van der Waals surface area contributed by atoms with Gasteiger partial charge >= 0.3 is 0 Å². The number of nitrogens with zero attached hydrogens (tertiary/aromatic N) is 6. The quantitative estimate of drug-likeness (QED) is 0.733. The van der Waals surface area contributed by atoms with Gasteiger partial charge in [-0.3, -0.25) is 4.90 Å². The molecule has 128 valence electrons. The molecule has 1 saturated heterocycles. The summed E-state index contributed by atoms with van der Waals surface area (Å²) in [6, 6.07) is 12.7. The Morgan fingerprint density at radius 2 is 1.72 bits per heavy atom. The molecule has 0 saturated carbocycles. The van der Waals surface area contributed by atoms with Crippen molar-refractivity contribution in [1.29, 1.82) is 0 Å². The van der Waals surface area contributed by atoms with E-state index in [1.54, 1.807) is 17.2 Å².